The van der Waals surface area contributed by atoms with Crippen LogP contribution in [0.1, 0.15) is 12.5 Å². The molecule has 1 heterocycles. The second-order valence-electron chi connectivity index (χ2n) is 5.10. The topological polar surface area (TPSA) is 50.9 Å². The van der Waals surface area contributed by atoms with Gasteiger partial charge in [0.05, 0.1) is 21.6 Å². The molecule has 3 nitrogen and oxygen atoms in total. The van der Waals surface area contributed by atoms with E-state index >= 15 is 0 Å². The highest BCUT2D eigenvalue weighted by Gasteiger charge is 2.10. The van der Waals surface area contributed by atoms with Crippen molar-refractivity contribution < 1.29 is 4.39 Å². The van der Waals surface area contributed by atoms with Crippen LogP contribution in [0, 0.1) is 5.82 Å². The SMILES string of the molecule is CC(Cc1ccc(F)cc1)Nc1ccc2scnc2c1N. The molecule has 1 aromatic heterocycles. The maximum absolute atomic E-state index is 12.9. The van der Waals surface area contributed by atoms with E-state index in [0.717, 1.165) is 27.9 Å². The number of hydrogen-bond acceptors (Lipinski definition) is 4. The van der Waals surface area contributed by atoms with Gasteiger partial charge in [-0.1, -0.05) is 12.1 Å². The minimum atomic E-state index is -0.211. The Morgan fingerprint density at radius 1 is 1.24 bits per heavy atom. The molecule has 21 heavy (non-hydrogen) atoms. The van der Waals surface area contributed by atoms with Gasteiger partial charge in [0.2, 0.25) is 0 Å². The molecule has 1 unspecified atom stereocenters. The van der Waals surface area contributed by atoms with Crippen LogP contribution in [-0.4, -0.2) is 11.0 Å². The third kappa shape index (κ3) is 2.97. The lowest BCUT2D eigenvalue weighted by Crippen LogP contribution is -2.19. The van der Waals surface area contributed by atoms with Crippen LogP contribution in [0.2, 0.25) is 0 Å². The van der Waals surface area contributed by atoms with Gasteiger partial charge in [0.25, 0.3) is 0 Å². The van der Waals surface area contributed by atoms with E-state index in [4.69, 9.17) is 5.73 Å². The lowest BCUT2D eigenvalue weighted by Gasteiger charge is -2.17. The molecule has 1 atom stereocenters. The highest BCUT2D eigenvalue weighted by atomic mass is 32.1. The van der Waals surface area contributed by atoms with Gasteiger partial charge in [0.15, 0.2) is 0 Å². The lowest BCUT2D eigenvalue weighted by atomic mass is 10.1. The van der Waals surface area contributed by atoms with Gasteiger partial charge in [-0.25, -0.2) is 9.37 Å². The van der Waals surface area contributed by atoms with Crippen LogP contribution >= 0.6 is 11.3 Å². The Hall–Kier alpha value is -2.14. The summed E-state index contributed by atoms with van der Waals surface area (Å²) in [7, 11) is 0. The summed E-state index contributed by atoms with van der Waals surface area (Å²) in [6.45, 7) is 2.08. The van der Waals surface area contributed by atoms with Crippen molar-refractivity contribution in [1.82, 2.24) is 4.98 Å². The van der Waals surface area contributed by atoms with E-state index in [1.54, 1.807) is 29.0 Å². The number of nitrogens with one attached hydrogen (secondary N) is 1. The average Bonchev–Trinajstić information content (AvgIpc) is 2.94. The molecule has 5 heteroatoms. The summed E-state index contributed by atoms with van der Waals surface area (Å²) in [5.74, 6) is -0.211. The second kappa shape index (κ2) is 5.69. The summed E-state index contributed by atoms with van der Waals surface area (Å²) in [6, 6.07) is 10.8. The first-order valence-electron chi connectivity index (χ1n) is 6.76. The predicted octanol–water partition coefficient (Wildman–Crippen LogP) is 4.06. The molecule has 0 aliphatic carbocycles. The molecule has 0 amide bonds. The third-order valence-electron chi connectivity index (χ3n) is 3.40. The van der Waals surface area contributed by atoms with Crippen molar-refractivity contribution in [3.8, 4) is 0 Å². The maximum Gasteiger partial charge on any atom is 0.123 e. The Labute approximate surface area is 126 Å². The van der Waals surface area contributed by atoms with Gasteiger partial charge in [-0.15, -0.1) is 11.3 Å². The molecule has 0 aliphatic rings. The van der Waals surface area contributed by atoms with Crippen LogP contribution in [0.5, 0.6) is 0 Å². The number of nitrogen functional groups attached to an aromatic ring is 1. The molecule has 0 saturated carbocycles. The quantitative estimate of drug-likeness (QED) is 0.714. The zero-order valence-corrected chi connectivity index (χ0v) is 12.5. The Morgan fingerprint density at radius 3 is 2.76 bits per heavy atom. The number of benzene rings is 2. The number of rotatable bonds is 4. The summed E-state index contributed by atoms with van der Waals surface area (Å²) in [5.41, 5.74) is 11.5. The number of halogens is 1. The number of anilines is 2. The minimum absolute atomic E-state index is 0.189. The summed E-state index contributed by atoms with van der Waals surface area (Å²) in [6.07, 6.45) is 0.800. The Morgan fingerprint density at radius 2 is 2.00 bits per heavy atom. The molecule has 108 valence electrons. The Kier molecular flexibility index (Phi) is 3.75. The van der Waals surface area contributed by atoms with Crippen LogP contribution in [0.15, 0.2) is 41.9 Å². The molecule has 2 aromatic carbocycles. The molecule has 0 bridgehead atoms. The van der Waals surface area contributed by atoms with E-state index < -0.39 is 0 Å². The average molecular weight is 301 g/mol. The van der Waals surface area contributed by atoms with Crippen molar-refractivity contribution >= 4 is 32.9 Å². The predicted molar refractivity (Wildman–Crippen MR) is 87.2 cm³/mol. The van der Waals surface area contributed by atoms with Crippen molar-refractivity contribution in [1.29, 1.82) is 0 Å². The Balaban J connectivity index is 1.75. The van der Waals surface area contributed by atoms with Crippen LogP contribution in [0.4, 0.5) is 15.8 Å². The summed E-state index contributed by atoms with van der Waals surface area (Å²) >= 11 is 1.58. The number of fused-ring (bicyclic) bond motifs is 1. The van der Waals surface area contributed by atoms with Gasteiger partial charge in [0.1, 0.15) is 11.3 Å². The highest BCUT2D eigenvalue weighted by molar-refractivity contribution is 7.16. The normalized spacial score (nSPS) is 12.5. The van der Waals surface area contributed by atoms with Crippen molar-refractivity contribution in [3.05, 3.63) is 53.3 Å². The fourth-order valence-electron chi connectivity index (χ4n) is 2.37. The first-order valence-corrected chi connectivity index (χ1v) is 7.64. The van der Waals surface area contributed by atoms with E-state index in [0.29, 0.717) is 5.69 Å². The first kappa shape index (κ1) is 13.8. The summed E-state index contributed by atoms with van der Waals surface area (Å²) in [5, 5.41) is 3.40. The van der Waals surface area contributed by atoms with Gasteiger partial charge in [0, 0.05) is 6.04 Å². The zero-order chi connectivity index (χ0) is 14.8. The van der Waals surface area contributed by atoms with Crippen LogP contribution in [-0.2, 0) is 6.42 Å². The van der Waals surface area contributed by atoms with Crippen LogP contribution in [0.25, 0.3) is 10.2 Å². The van der Waals surface area contributed by atoms with Gasteiger partial charge < -0.3 is 11.1 Å². The first-order chi connectivity index (χ1) is 10.1. The fraction of sp³-hybridized carbons (Fsp3) is 0.188. The van der Waals surface area contributed by atoms with Crippen LogP contribution in [0.3, 0.4) is 0 Å². The van der Waals surface area contributed by atoms with Crippen molar-refractivity contribution in [2.45, 2.75) is 19.4 Å². The largest absolute Gasteiger partial charge is 0.395 e. The maximum atomic E-state index is 12.9. The third-order valence-corrected chi connectivity index (χ3v) is 4.19. The molecule has 3 N–H and O–H groups in total. The molecule has 3 rings (SSSR count). The molecular weight excluding hydrogens is 285 g/mol. The standard InChI is InChI=1S/C16H16FN3S/c1-10(8-11-2-4-12(17)5-3-11)20-13-6-7-14-16(15(13)18)19-9-21-14/h2-7,9-10,20H,8,18H2,1H3. The zero-order valence-electron chi connectivity index (χ0n) is 11.6. The monoisotopic (exact) mass is 301 g/mol. The number of hydrogen-bond donors (Lipinski definition) is 2. The van der Waals surface area contributed by atoms with E-state index in [9.17, 15) is 4.39 Å². The number of aromatic nitrogens is 1. The molecule has 0 saturated heterocycles. The number of thiazole rings is 1. The second-order valence-corrected chi connectivity index (χ2v) is 5.99. The molecule has 0 radical (unpaired) electrons. The molecule has 3 aromatic rings. The fourth-order valence-corrected chi connectivity index (χ4v) is 3.06. The van der Waals surface area contributed by atoms with Crippen molar-refractivity contribution in [3.63, 3.8) is 0 Å². The van der Waals surface area contributed by atoms with Crippen LogP contribution < -0.4 is 11.1 Å². The van der Waals surface area contributed by atoms with Gasteiger partial charge >= 0.3 is 0 Å². The van der Waals surface area contributed by atoms with Gasteiger partial charge in [-0.3, -0.25) is 0 Å². The van der Waals surface area contributed by atoms with Crippen molar-refractivity contribution in [2.75, 3.05) is 11.1 Å². The van der Waals surface area contributed by atoms with E-state index in [1.807, 2.05) is 12.1 Å². The highest BCUT2D eigenvalue weighted by Crippen LogP contribution is 2.30. The van der Waals surface area contributed by atoms with E-state index in [1.165, 1.54) is 12.1 Å². The minimum Gasteiger partial charge on any atom is -0.395 e. The molecule has 0 spiro atoms. The molecule has 0 aliphatic heterocycles. The Bertz CT molecular complexity index is 752. The summed E-state index contributed by atoms with van der Waals surface area (Å²) < 4.78 is 14.0. The van der Waals surface area contributed by atoms with Gasteiger partial charge in [-0.2, -0.15) is 0 Å². The number of nitrogens with two attached hydrogens (primary N) is 1. The van der Waals surface area contributed by atoms with Crippen molar-refractivity contribution in [2.24, 2.45) is 0 Å². The molecular formula is C16H16FN3S. The summed E-state index contributed by atoms with van der Waals surface area (Å²) in [4.78, 5) is 4.29. The van der Waals surface area contributed by atoms with E-state index in [-0.39, 0.29) is 11.9 Å². The number of nitrogens with zero attached hydrogens (tertiary/aromatic N) is 1. The lowest BCUT2D eigenvalue weighted by molar-refractivity contribution is 0.626. The molecule has 0 fully saturated rings. The van der Waals surface area contributed by atoms with E-state index in [2.05, 4.69) is 17.2 Å². The smallest absolute Gasteiger partial charge is 0.123 e. The van der Waals surface area contributed by atoms with Gasteiger partial charge in [-0.05, 0) is 43.2 Å².